The van der Waals surface area contributed by atoms with E-state index in [1.54, 1.807) is 6.08 Å². The molecule has 0 aliphatic heterocycles. The molecule has 0 unspecified atom stereocenters. The molecule has 2 aromatic carbocycles. The van der Waals surface area contributed by atoms with Gasteiger partial charge in [0.25, 0.3) is 0 Å². The van der Waals surface area contributed by atoms with Crippen molar-refractivity contribution in [1.82, 2.24) is 0 Å². The number of allylic oxidation sites excluding steroid dienone is 6. The highest BCUT2D eigenvalue weighted by molar-refractivity contribution is 5.97. The van der Waals surface area contributed by atoms with Gasteiger partial charge in [-0.1, -0.05) is 97.1 Å². The van der Waals surface area contributed by atoms with Gasteiger partial charge in [-0.2, -0.15) is 0 Å². The van der Waals surface area contributed by atoms with E-state index in [0.717, 1.165) is 16.7 Å². The molecule has 0 amide bonds. The second-order valence-electron chi connectivity index (χ2n) is 7.69. The zero-order chi connectivity index (χ0) is 21.9. The van der Waals surface area contributed by atoms with E-state index in [4.69, 9.17) is 5.11 Å². The number of rotatable bonds is 10. The van der Waals surface area contributed by atoms with Gasteiger partial charge in [-0.15, -0.1) is 0 Å². The summed E-state index contributed by atoms with van der Waals surface area (Å²) in [5.74, 6) is -0.752. The molecule has 0 saturated carbocycles. The lowest BCUT2D eigenvalue weighted by Gasteiger charge is -2.16. The van der Waals surface area contributed by atoms with Gasteiger partial charge in [-0.25, -0.2) is 0 Å². The highest BCUT2D eigenvalue weighted by atomic mass is 16.4. The molecule has 3 rings (SSSR count). The molecule has 0 spiro atoms. The monoisotopic (exact) mass is 412 g/mol. The molecule has 158 valence electrons. The predicted molar refractivity (Wildman–Crippen MR) is 126 cm³/mol. The molecule has 3 heteroatoms. The molecule has 0 radical (unpaired) electrons. The molecule has 2 aromatic rings. The highest BCUT2D eigenvalue weighted by Crippen LogP contribution is 2.35. The second kappa shape index (κ2) is 11.7. The lowest BCUT2D eigenvalue weighted by Crippen LogP contribution is -2.14. The van der Waals surface area contributed by atoms with Gasteiger partial charge in [0.1, 0.15) is 0 Å². The van der Waals surface area contributed by atoms with E-state index >= 15 is 0 Å². The molecule has 0 aromatic heterocycles. The van der Waals surface area contributed by atoms with Crippen LogP contribution in [0.2, 0.25) is 0 Å². The number of unbranched alkanes of at least 4 members (excludes halogenated alkanes) is 1. The standard InChI is InChI=1S/C28H28O3/c29-27-21-24(19-17-22-11-5-3-6-12-22)25(20-18-23-13-7-4-8-14-23)26(27)15-9-1-2-10-16-28(30)31/h1,3-9,11-14,17-21,25-26H,2,10,15-16H2,(H,30,31)/b9-1-,19-17?,20-18?/t25-,26+/m0/s1. The van der Waals surface area contributed by atoms with Gasteiger partial charge in [0, 0.05) is 18.3 Å². The number of carboxylic acids is 1. The van der Waals surface area contributed by atoms with Gasteiger partial charge in [0.15, 0.2) is 5.78 Å². The molecular formula is C28H28O3. The zero-order valence-corrected chi connectivity index (χ0v) is 17.6. The first-order valence-corrected chi connectivity index (χ1v) is 10.7. The lowest BCUT2D eigenvalue weighted by atomic mass is 9.86. The average molecular weight is 413 g/mol. The zero-order valence-electron chi connectivity index (χ0n) is 17.6. The van der Waals surface area contributed by atoms with Crippen molar-refractivity contribution in [1.29, 1.82) is 0 Å². The summed E-state index contributed by atoms with van der Waals surface area (Å²) in [4.78, 5) is 23.4. The molecule has 1 aliphatic carbocycles. The number of aliphatic carboxylic acids is 1. The van der Waals surface area contributed by atoms with E-state index in [-0.39, 0.29) is 24.0 Å². The summed E-state index contributed by atoms with van der Waals surface area (Å²) >= 11 is 0. The van der Waals surface area contributed by atoms with Crippen LogP contribution in [-0.4, -0.2) is 16.9 Å². The van der Waals surface area contributed by atoms with Gasteiger partial charge >= 0.3 is 5.97 Å². The fraction of sp³-hybridized carbons (Fsp3) is 0.214. The maximum absolute atomic E-state index is 12.8. The van der Waals surface area contributed by atoms with Crippen LogP contribution >= 0.6 is 0 Å². The number of benzene rings is 2. The number of hydrogen-bond acceptors (Lipinski definition) is 2. The summed E-state index contributed by atoms with van der Waals surface area (Å²) in [6.07, 6.45) is 16.2. The highest BCUT2D eigenvalue weighted by Gasteiger charge is 2.32. The smallest absolute Gasteiger partial charge is 0.303 e. The minimum Gasteiger partial charge on any atom is -0.481 e. The molecule has 1 aliphatic rings. The van der Waals surface area contributed by atoms with Gasteiger partial charge in [0.05, 0.1) is 0 Å². The van der Waals surface area contributed by atoms with Crippen molar-refractivity contribution in [3.8, 4) is 0 Å². The third-order valence-electron chi connectivity index (χ3n) is 5.37. The van der Waals surface area contributed by atoms with E-state index in [2.05, 4.69) is 12.2 Å². The Morgan fingerprint density at radius 1 is 0.871 bits per heavy atom. The van der Waals surface area contributed by atoms with Crippen molar-refractivity contribution < 1.29 is 14.7 Å². The maximum atomic E-state index is 12.8. The van der Waals surface area contributed by atoms with Gasteiger partial charge in [-0.05, 0) is 42.0 Å². The molecular weight excluding hydrogens is 384 g/mol. The first-order valence-electron chi connectivity index (χ1n) is 10.7. The molecule has 0 bridgehead atoms. The number of ketones is 1. The Morgan fingerprint density at radius 2 is 1.52 bits per heavy atom. The van der Waals surface area contributed by atoms with Crippen LogP contribution in [0.15, 0.2) is 96.6 Å². The van der Waals surface area contributed by atoms with Crippen LogP contribution in [-0.2, 0) is 9.59 Å². The van der Waals surface area contributed by atoms with Gasteiger partial charge in [-0.3, -0.25) is 9.59 Å². The summed E-state index contributed by atoms with van der Waals surface area (Å²) in [6.45, 7) is 0. The molecule has 0 saturated heterocycles. The fourth-order valence-corrected chi connectivity index (χ4v) is 3.71. The Morgan fingerprint density at radius 3 is 2.16 bits per heavy atom. The minimum absolute atomic E-state index is 0.0105. The van der Waals surface area contributed by atoms with Crippen LogP contribution in [0.4, 0.5) is 0 Å². The van der Waals surface area contributed by atoms with Crippen LogP contribution in [0, 0.1) is 11.8 Å². The van der Waals surface area contributed by atoms with E-state index in [1.807, 2.05) is 85.0 Å². The molecule has 2 atom stereocenters. The summed E-state index contributed by atoms with van der Waals surface area (Å²) in [6, 6.07) is 20.2. The third-order valence-corrected chi connectivity index (χ3v) is 5.37. The molecule has 31 heavy (non-hydrogen) atoms. The average Bonchev–Trinajstić information content (AvgIpc) is 3.08. The second-order valence-corrected chi connectivity index (χ2v) is 7.69. The summed E-state index contributed by atoms with van der Waals surface area (Å²) in [5.41, 5.74) is 3.23. The lowest BCUT2D eigenvalue weighted by molar-refractivity contribution is -0.137. The quantitative estimate of drug-likeness (QED) is 0.365. The van der Waals surface area contributed by atoms with Crippen molar-refractivity contribution in [2.45, 2.75) is 25.7 Å². The minimum atomic E-state index is -0.774. The number of carbonyl (C=O) groups excluding carboxylic acids is 1. The van der Waals surface area contributed by atoms with Gasteiger partial charge in [0.2, 0.25) is 0 Å². The SMILES string of the molecule is O=C(O)CCC/C=C\C[C@H]1C(=O)C=C(C=Cc2ccccc2)[C@@H]1C=Cc1ccccc1. The van der Waals surface area contributed by atoms with Crippen LogP contribution < -0.4 is 0 Å². The summed E-state index contributed by atoms with van der Waals surface area (Å²) in [5, 5.41) is 8.74. The number of carboxylic acid groups (broad SMARTS) is 1. The topological polar surface area (TPSA) is 54.4 Å². The summed E-state index contributed by atoms with van der Waals surface area (Å²) < 4.78 is 0. The Balaban J connectivity index is 1.73. The van der Waals surface area contributed by atoms with Crippen LogP contribution in [0.25, 0.3) is 12.2 Å². The molecule has 3 nitrogen and oxygen atoms in total. The third kappa shape index (κ3) is 7.07. The largest absolute Gasteiger partial charge is 0.481 e. The molecule has 0 fully saturated rings. The fourth-order valence-electron chi connectivity index (χ4n) is 3.71. The first-order chi connectivity index (χ1) is 15.1. The number of carbonyl (C=O) groups is 2. The van der Waals surface area contributed by atoms with Crippen molar-refractivity contribution >= 4 is 23.9 Å². The van der Waals surface area contributed by atoms with Crippen LogP contribution in [0.3, 0.4) is 0 Å². The predicted octanol–water partition coefficient (Wildman–Crippen LogP) is 6.36. The molecule has 0 heterocycles. The van der Waals surface area contributed by atoms with Crippen molar-refractivity contribution in [3.63, 3.8) is 0 Å². The number of hydrogen-bond donors (Lipinski definition) is 1. The van der Waals surface area contributed by atoms with E-state index in [0.29, 0.717) is 19.3 Å². The Bertz CT molecular complexity index is 981. The summed E-state index contributed by atoms with van der Waals surface area (Å²) in [7, 11) is 0. The first kappa shape index (κ1) is 22.2. The Labute approximate surface area is 184 Å². The van der Waals surface area contributed by atoms with Crippen LogP contribution in [0.1, 0.15) is 36.8 Å². The van der Waals surface area contributed by atoms with Crippen molar-refractivity contribution in [2.75, 3.05) is 0 Å². The van der Waals surface area contributed by atoms with E-state index < -0.39 is 5.97 Å². The normalized spacial score (nSPS) is 19.0. The van der Waals surface area contributed by atoms with E-state index in [9.17, 15) is 9.59 Å². The molecule has 1 N–H and O–H groups in total. The van der Waals surface area contributed by atoms with Crippen molar-refractivity contribution in [3.05, 3.63) is 108 Å². The van der Waals surface area contributed by atoms with Crippen LogP contribution in [0.5, 0.6) is 0 Å². The Kier molecular flexibility index (Phi) is 8.36. The van der Waals surface area contributed by atoms with Crippen molar-refractivity contribution in [2.24, 2.45) is 11.8 Å². The van der Waals surface area contributed by atoms with Gasteiger partial charge < -0.3 is 5.11 Å². The van der Waals surface area contributed by atoms with E-state index in [1.165, 1.54) is 0 Å². The Hall–Kier alpha value is -3.46. The maximum Gasteiger partial charge on any atom is 0.303 e.